The van der Waals surface area contributed by atoms with Crippen LogP contribution in [0.1, 0.15) is 23.0 Å². The van der Waals surface area contributed by atoms with Gasteiger partial charge in [-0.1, -0.05) is 6.07 Å². The number of carboxylic acid groups (broad SMARTS) is 1. The third-order valence-electron chi connectivity index (χ3n) is 3.81. The van der Waals surface area contributed by atoms with E-state index in [0.29, 0.717) is 21.8 Å². The summed E-state index contributed by atoms with van der Waals surface area (Å²) in [5.41, 5.74) is 1.33. The summed E-state index contributed by atoms with van der Waals surface area (Å²) in [7, 11) is 0. The second kappa shape index (κ2) is 7.74. The van der Waals surface area contributed by atoms with Gasteiger partial charge in [0.1, 0.15) is 12.2 Å². The first kappa shape index (κ1) is 18.8. The fourth-order valence-corrected chi connectivity index (χ4v) is 2.56. The number of aliphatic carboxylic acids is 1. The van der Waals surface area contributed by atoms with E-state index in [1.54, 1.807) is 42.0 Å². The van der Waals surface area contributed by atoms with Gasteiger partial charge in [-0.3, -0.25) is 9.59 Å². The lowest BCUT2D eigenvalue weighted by atomic mass is 10.2. The van der Waals surface area contributed by atoms with Gasteiger partial charge in [0.25, 0.3) is 5.91 Å². The number of benzene rings is 1. The highest BCUT2D eigenvalue weighted by molar-refractivity contribution is 6.15. The summed E-state index contributed by atoms with van der Waals surface area (Å²) < 4.78 is 6.60. The van der Waals surface area contributed by atoms with Crippen LogP contribution in [0.2, 0.25) is 0 Å². The zero-order valence-electron chi connectivity index (χ0n) is 14.8. The lowest BCUT2D eigenvalue weighted by molar-refractivity contribution is -0.140. The van der Waals surface area contributed by atoms with Crippen molar-refractivity contribution in [1.29, 1.82) is 0 Å². The molecule has 0 unspecified atom stereocenters. The highest BCUT2D eigenvalue weighted by Crippen LogP contribution is 2.16. The molecule has 0 bridgehead atoms. The molecule has 144 valence electrons. The molecule has 10 heteroatoms. The summed E-state index contributed by atoms with van der Waals surface area (Å²) in [6, 6.07) is 5.92. The standard InChI is InChI=1S/C18H16N4O6/c1-2-28-17(26)11-4-3-5-13(6-11)21-8-12(19-10-21)7-14-16(25)22(9-15(23)24)18(27)20-14/h3-8,10H,2,9H2,1H3,(H,20,27)(H,23,24)/b14-7-. The van der Waals surface area contributed by atoms with Gasteiger partial charge in [-0.15, -0.1) is 0 Å². The van der Waals surface area contributed by atoms with Gasteiger partial charge in [0.2, 0.25) is 0 Å². The van der Waals surface area contributed by atoms with Crippen LogP contribution in [0.25, 0.3) is 11.8 Å². The van der Waals surface area contributed by atoms with Gasteiger partial charge < -0.3 is 19.7 Å². The molecule has 28 heavy (non-hydrogen) atoms. The zero-order valence-corrected chi connectivity index (χ0v) is 14.8. The fourth-order valence-electron chi connectivity index (χ4n) is 2.56. The van der Waals surface area contributed by atoms with Crippen LogP contribution in [0.3, 0.4) is 0 Å². The van der Waals surface area contributed by atoms with Crippen LogP contribution < -0.4 is 5.32 Å². The third-order valence-corrected chi connectivity index (χ3v) is 3.81. The van der Waals surface area contributed by atoms with Crippen LogP contribution in [-0.4, -0.2) is 56.6 Å². The Bertz CT molecular complexity index is 993. The second-order valence-electron chi connectivity index (χ2n) is 5.75. The van der Waals surface area contributed by atoms with E-state index >= 15 is 0 Å². The number of imidazole rings is 1. The number of esters is 1. The minimum Gasteiger partial charge on any atom is -0.480 e. The van der Waals surface area contributed by atoms with Crippen LogP contribution in [0.4, 0.5) is 4.79 Å². The SMILES string of the molecule is CCOC(=O)c1cccc(-n2cnc(/C=C3\NC(=O)N(CC(=O)O)C3=O)c2)c1. The topological polar surface area (TPSA) is 131 Å². The Morgan fingerprint density at radius 1 is 1.32 bits per heavy atom. The molecule has 0 radical (unpaired) electrons. The summed E-state index contributed by atoms with van der Waals surface area (Å²) in [5.74, 6) is -2.48. The van der Waals surface area contributed by atoms with E-state index in [1.807, 2.05) is 0 Å². The number of rotatable bonds is 6. The fraction of sp³-hybridized carbons (Fsp3) is 0.167. The minimum absolute atomic E-state index is 0.0724. The first-order valence-corrected chi connectivity index (χ1v) is 8.27. The Hall–Kier alpha value is -3.95. The van der Waals surface area contributed by atoms with Gasteiger partial charge >= 0.3 is 18.0 Å². The first-order valence-electron chi connectivity index (χ1n) is 8.27. The quantitative estimate of drug-likeness (QED) is 0.432. The maximum absolute atomic E-state index is 12.1. The number of hydrogen-bond donors (Lipinski definition) is 2. The summed E-state index contributed by atoms with van der Waals surface area (Å²) in [6.45, 7) is 1.26. The molecule has 1 aromatic carbocycles. The van der Waals surface area contributed by atoms with Crippen molar-refractivity contribution in [2.45, 2.75) is 6.92 Å². The Morgan fingerprint density at radius 3 is 2.82 bits per heavy atom. The van der Waals surface area contributed by atoms with E-state index in [2.05, 4.69) is 10.3 Å². The molecule has 10 nitrogen and oxygen atoms in total. The van der Waals surface area contributed by atoms with E-state index in [0.717, 1.165) is 0 Å². The highest BCUT2D eigenvalue weighted by atomic mass is 16.5. The van der Waals surface area contributed by atoms with Crippen molar-refractivity contribution >= 4 is 30.0 Å². The van der Waals surface area contributed by atoms with Crippen molar-refractivity contribution in [3.63, 3.8) is 0 Å². The summed E-state index contributed by atoms with van der Waals surface area (Å²) >= 11 is 0. The molecule has 1 aromatic heterocycles. The largest absolute Gasteiger partial charge is 0.480 e. The number of nitrogens with one attached hydrogen (secondary N) is 1. The number of urea groups is 1. The zero-order chi connectivity index (χ0) is 20.3. The summed E-state index contributed by atoms with van der Waals surface area (Å²) in [4.78, 5) is 51.2. The van der Waals surface area contributed by atoms with Crippen molar-refractivity contribution in [1.82, 2.24) is 19.8 Å². The van der Waals surface area contributed by atoms with Crippen LogP contribution in [0.5, 0.6) is 0 Å². The molecule has 0 aliphatic carbocycles. The summed E-state index contributed by atoms with van der Waals surface area (Å²) in [5, 5.41) is 11.1. The maximum atomic E-state index is 12.1. The molecule has 2 heterocycles. The third kappa shape index (κ3) is 3.90. The van der Waals surface area contributed by atoms with Gasteiger partial charge in [-0.25, -0.2) is 19.5 Å². The molecule has 3 rings (SSSR count). The van der Waals surface area contributed by atoms with Crippen LogP contribution >= 0.6 is 0 Å². The molecule has 2 aromatic rings. The monoisotopic (exact) mass is 384 g/mol. The van der Waals surface area contributed by atoms with Crippen molar-refractivity contribution in [2.75, 3.05) is 13.2 Å². The van der Waals surface area contributed by atoms with Crippen LogP contribution in [0.15, 0.2) is 42.5 Å². The van der Waals surface area contributed by atoms with Crippen molar-refractivity contribution in [3.05, 3.63) is 53.7 Å². The molecule has 1 aliphatic heterocycles. The van der Waals surface area contributed by atoms with E-state index < -0.39 is 30.4 Å². The lowest BCUT2D eigenvalue weighted by Crippen LogP contribution is -2.35. The van der Waals surface area contributed by atoms with Crippen molar-refractivity contribution in [3.8, 4) is 5.69 Å². The molecule has 1 saturated heterocycles. The number of carbonyl (C=O) groups excluding carboxylic acids is 3. The molecule has 1 aliphatic rings. The molecule has 0 spiro atoms. The number of aromatic nitrogens is 2. The Balaban J connectivity index is 1.82. The minimum atomic E-state index is -1.30. The highest BCUT2D eigenvalue weighted by Gasteiger charge is 2.35. The van der Waals surface area contributed by atoms with Gasteiger partial charge in [0, 0.05) is 11.9 Å². The van der Waals surface area contributed by atoms with Crippen molar-refractivity contribution in [2.24, 2.45) is 0 Å². The predicted octanol–water partition coefficient (Wildman–Crippen LogP) is 1.03. The lowest BCUT2D eigenvalue weighted by Gasteiger charge is -2.06. The normalized spacial score (nSPS) is 15.0. The molecular formula is C18H16N4O6. The number of nitrogens with zero attached hydrogens (tertiary/aromatic N) is 3. The van der Waals surface area contributed by atoms with Crippen molar-refractivity contribution < 1.29 is 29.0 Å². The second-order valence-corrected chi connectivity index (χ2v) is 5.75. The van der Waals surface area contributed by atoms with E-state index in [-0.39, 0.29) is 12.3 Å². The molecule has 0 saturated carbocycles. The van der Waals surface area contributed by atoms with E-state index in [9.17, 15) is 19.2 Å². The Kier molecular flexibility index (Phi) is 5.21. The van der Waals surface area contributed by atoms with E-state index in [4.69, 9.17) is 9.84 Å². The molecule has 1 fully saturated rings. The van der Waals surface area contributed by atoms with Gasteiger partial charge in [-0.05, 0) is 31.2 Å². The first-order chi connectivity index (χ1) is 13.4. The predicted molar refractivity (Wildman–Crippen MR) is 95.4 cm³/mol. The number of amides is 3. The number of carbonyl (C=O) groups is 4. The van der Waals surface area contributed by atoms with Crippen LogP contribution in [0, 0.1) is 0 Å². The number of ether oxygens (including phenoxy) is 1. The number of carboxylic acids is 1. The smallest absolute Gasteiger partial charge is 0.338 e. The van der Waals surface area contributed by atoms with E-state index in [1.165, 1.54) is 12.4 Å². The maximum Gasteiger partial charge on any atom is 0.338 e. The molecule has 2 N–H and O–H groups in total. The van der Waals surface area contributed by atoms with Crippen LogP contribution in [-0.2, 0) is 14.3 Å². The molecular weight excluding hydrogens is 368 g/mol. The summed E-state index contributed by atoms with van der Waals surface area (Å²) in [6.07, 6.45) is 4.41. The number of imide groups is 1. The molecule has 3 amide bonds. The number of hydrogen-bond acceptors (Lipinski definition) is 6. The average Bonchev–Trinajstić information content (AvgIpc) is 3.22. The van der Waals surface area contributed by atoms with Gasteiger partial charge in [-0.2, -0.15) is 0 Å². The van der Waals surface area contributed by atoms with Gasteiger partial charge in [0.05, 0.1) is 24.2 Å². The average molecular weight is 384 g/mol. The van der Waals surface area contributed by atoms with Gasteiger partial charge in [0.15, 0.2) is 0 Å². The Labute approximate surface area is 159 Å². The molecule has 0 atom stereocenters. The Morgan fingerprint density at radius 2 is 2.11 bits per heavy atom.